The van der Waals surface area contributed by atoms with Gasteiger partial charge in [-0.25, -0.2) is 4.79 Å². The summed E-state index contributed by atoms with van der Waals surface area (Å²) in [5.74, 6) is -5.20. The molecule has 0 heterocycles. The molecule has 1 aromatic carbocycles. The summed E-state index contributed by atoms with van der Waals surface area (Å²) < 4.78 is 5.21. The van der Waals surface area contributed by atoms with Gasteiger partial charge in [0.15, 0.2) is 0 Å². The summed E-state index contributed by atoms with van der Waals surface area (Å²) in [6.45, 7) is 14.3. The molecule has 0 saturated heterocycles. The number of amides is 7. The minimum Gasteiger partial charge on any atom is -0.444 e. The molecule has 0 bridgehead atoms. The van der Waals surface area contributed by atoms with E-state index in [1.165, 1.54) is 38.1 Å². The topological polar surface area (TPSA) is 270 Å². The average Bonchev–Trinajstić information content (AvgIpc) is 2.98. The van der Waals surface area contributed by atoms with E-state index in [0.717, 1.165) is 0 Å². The lowest BCUT2D eigenvalue weighted by atomic mass is 9.99. The molecule has 18 heteroatoms. The van der Waals surface area contributed by atoms with Crippen molar-refractivity contribution in [1.82, 2.24) is 26.6 Å². The van der Waals surface area contributed by atoms with Gasteiger partial charge < -0.3 is 42.4 Å². The van der Waals surface area contributed by atoms with Crippen molar-refractivity contribution in [2.75, 3.05) is 5.32 Å². The molecule has 0 aromatic heterocycles. The zero-order valence-electron chi connectivity index (χ0n) is 29.9. The van der Waals surface area contributed by atoms with E-state index in [-0.39, 0.29) is 24.2 Å². The standard InChI is InChI=1S/C32H50N8O10/c1-16(2)24(29(45)35-18(5)26(42)34-19(6)27(43)36-20-10-12-21(13-11-20)40(48)49)39-30(46)25(17(3)4)38-28(44)22(14-15-23(33)41)37-31(47)50-32(7,8)9/h10-13,16-19,22,24-25H,14-15H2,1-9H3,(H2,33,41)(H,34,42)(H,35,45)(H,36,43)(H,37,47)(H,38,44)(H,39,46)/t18-,19-,22+,24-,25-/m0/s1. The second kappa shape index (κ2) is 19.0. The van der Waals surface area contributed by atoms with Gasteiger partial charge in [-0.1, -0.05) is 27.7 Å². The fourth-order valence-corrected chi connectivity index (χ4v) is 4.26. The summed E-state index contributed by atoms with van der Waals surface area (Å²) in [5.41, 5.74) is 4.48. The fraction of sp³-hybridized carbons (Fsp3) is 0.594. The van der Waals surface area contributed by atoms with Crippen molar-refractivity contribution in [2.45, 2.75) is 111 Å². The van der Waals surface area contributed by atoms with Crippen molar-refractivity contribution in [3.63, 3.8) is 0 Å². The minimum atomic E-state index is -1.27. The monoisotopic (exact) mass is 706 g/mol. The van der Waals surface area contributed by atoms with E-state index in [1.54, 1.807) is 48.5 Å². The first-order valence-corrected chi connectivity index (χ1v) is 16.1. The van der Waals surface area contributed by atoms with E-state index in [1.807, 2.05) is 0 Å². The van der Waals surface area contributed by atoms with Crippen LogP contribution in [0.15, 0.2) is 24.3 Å². The van der Waals surface area contributed by atoms with Crippen molar-refractivity contribution in [3.05, 3.63) is 34.4 Å². The highest BCUT2D eigenvalue weighted by Gasteiger charge is 2.34. The number of carbonyl (C=O) groups excluding carboxylic acids is 7. The molecule has 0 saturated carbocycles. The maximum absolute atomic E-state index is 13.4. The zero-order chi connectivity index (χ0) is 38.5. The lowest BCUT2D eigenvalue weighted by Gasteiger charge is -2.29. The number of nitrogens with one attached hydrogen (secondary N) is 6. The van der Waals surface area contributed by atoms with Crippen LogP contribution in [0.25, 0.3) is 0 Å². The van der Waals surface area contributed by atoms with Crippen LogP contribution in [0.1, 0.15) is 75.2 Å². The molecule has 0 unspecified atom stereocenters. The van der Waals surface area contributed by atoms with Crippen molar-refractivity contribution in [1.29, 1.82) is 0 Å². The van der Waals surface area contributed by atoms with Crippen LogP contribution in [-0.2, 0) is 33.5 Å². The van der Waals surface area contributed by atoms with Gasteiger partial charge >= 0.3 is 6.09 Å². The first kappa shape index (κ1) is 42.7. The first-order valence-electron chi connectivity index (χ1n) is 16.1. The molecule has 0 aliphatic carbocycles. The van der Waals surface area contributed by atoms with Crippen LogP contribution in [0, 0.1) is 22.0 Å². The van der Waals surface area contributed by atoms with Crippen molar-refractivity contribution in [3.8, 4) is 0 Å². The highest BCUT2D eigenvalue weighted by Crippen LogP contribution is 2.16. The molecule has 8 N–H and O–H groups in total. The third-order valence-corrected chi connectivity index (χ3v) is 7.03. The molecule has 0 aliphatic heterocycles. The molecule has 0 aliphatic rings. The van der Waals surface area contributed by atoms with E-state index in [9.17, 15) is 43.7 Å². The predicted octanol–water partition coefficient (Wildman–Crippen LogP) is 0.983. The summed E-state index contributed by atoms with van der Waals surface area (Å²) in [7, 11) is 0. The van der Waals surface area contributed by atoms with E-state index in [2.05, 4.69) is 31.9 Å². The Kier molecular flexibility index (Phi) is 16.3. The zero-order valence-corrected chi connectivity index (χ0v) is 29.9. The number of nitrogens with zero attached hydrogens (tertiary/aromatic N) is 1. The summed E-state index contributed by atoms with van der Waals surface area (Å²) in [4.78, 5) is 99.4. The number of nitro benzene ring substituents is 1. The normalized spacial score (nSPS) is 14.2. The molecular formula is C32H50N8O10. The minimum absolute atomic E-state index is 0.160. The van der Waals surface area contributed by atoms with Crippen LogP contribution < -0.4 is 37.6 Å². The maximum atomic E-state index is 13.4. The van der Waals surface area contributed by atoms with E-state index >= 15 is 0 Å². The lowest BCUT2D eigenvalue weighted by Crippen LogP contribution is -2.60. The summed E-state index contributed by atoms with van der Waals surface area (Å²) in [5, 5.41) is 25.9. The number of non-ortho nitro benzene ring substituents is 1. The van der Waals surface area contributed by atoms with Crippen molar-refractivity contribution in [2.24, 2.45) is 17.6 Å². The second-order valence-corrected chi connectivity index (χ2v) is 13.4. The number of rotatable bonds is 17. The quantitative estimate of drug-likeness (QED) is 0.0891. The Balaban J connectivity index is 2.93. The molecule has 5 atom stereocenters. The first-order chi connectivity index (χ1) is 23.0. The molecule has 278 valence electrons. The molecule has 0 fully saturated rings. The molecule has 1 rings (SSSR count). The summed E-state index contributed by atoms with van der Waals surface area (Å²) in [6.07, 6.45) is -1.32. The Bertz CT molecular complexity index is 1410. The molecule has 18 nitrogen and oxygen atoms in total. The second-order valence-electron chi connectivity index (χ2n) is 13.4. The number of nitrogens with two attached hydrogens (primary N) is 1. The van der Waals surface area contributed by atoms with E-state index < -0.39 is 94.1 Å². The smallest absolute Gasteiger partial charge is 0.408 e. The van der Waals surface area contributed by atoms with Gasteiger partial charge in [-0.05, 0) is 65.0 Å². The van der Waals surface area contributed by atoms with Crippen LogP contribution in [0.2, 0.25) is 0 Å². The third-order valence-electron chi connectivity index (χ3n) is 7.03. The SMILES string of the molecule is CC(C)[C@H](NC(=O)[C@@H](NC(=O)[C@@H](CCC(N)=O)NC(=O)OC(C)(C)C)C(C)C)C(=O)N[C@@H](C)C(=O)N[C@@H](C)C(=O)Nc1ccc([N+](=O)[O-])cc1. The Morgan fingerprint density at radius 2 is 1.18 bits per heavy atom. The van der Waals surface area contributed by atoms with Crippen LogP contribution in [0.5, 0.6) is 0 Å². The number of nitro groups is 1. The van der Waals surface area contributed by atoms with Gasteiger partial charge in [-0.15, -0.1) is 0 Å². The Hall–Kier alpha value is -5.29. The van der Waals surface area contributed by atoms with E-state index in [4.69, 9.17) is 10.5 Å². The highest BCUT2D eigenvalue weighted by molar-refractivity contribution is 5.99. The number of primary amides is 1. The predicted molar refractivity (Wildman–Crippen MR) is 182 cm³/mol. The number of alkyl carbamates (subject to hydrolysis) is 1. The summed E-state index contributed by atoms with van der Waals surface area (Å²) in [6, 6.07) is -0.679. The van der Waals surface area contributed by atoms with Gasteiger partial charge in [-0.3, -0.25) is 38.9 Å². The van der Waals surface area contributed by atoms with Crippen molar-refractivity contribution >= 4 is 52.9 Å². The third kappa shape index (κ3) is 14.9. The molecule has 0 spiro atoms. The Morgan fingerprint density at radius 1 is 0.720 bits per heavy atom. The summed E-state index contributed by atoms with van der Waals surface area (Å²) >= 11 is 0. The maximum Gasteiger partial charge on any atom is 0.408 e. The number of carbonyl (C=O) groups is 7. The Morgan fingerprint density at radius 3 is 1.64 bits per heavy atom. The molecule has 1 aromatic rings. The molecular weight excluding hydrogens is 656 g/mol. The lowest BCUT2D eigenvalue weighted by molar-refractivity contribution is -0.384. The molecule has 7 amide bonds. The van der Waals surface area contributed by atoms with Gasteiger partial charge in [0.25, 0.3) is 5.69 Å². The van der Waals surface area contributed by atoms with Gasteiger partial charge in [0.05, 0.1) is 4.92 Å². The largest absolute Gasteiger partial charge is 0.444 e. The van der Waals surface area contributed by atoms with Gasteiger partial charge in [-0.2, -0.15) is 0 Å². The van der Waals surface area contributed by atoms with Gasteiger partial charge in [0.1, 0.15) is 35.8 Å². The van der Waals surface area contributed by atoms with Gasteiger partial charge in [0, 0.05) is 24.2 Å². The van der Waals surface area contributed by atoms with Crippen LogP contribution in [-0.4, -0.2) is 82.3 Å². The number of benzene rings is 1. The number of hydrogen-bond acceptors (Lipinski definition) is 10. The van der Waals surface area contributed by atoms with Crippen molar-refractivity contribution < 1.29 is 43.2 Å². The molecule has 50 heavy (non-hydrogen) atoms. The number of hydrogen-bond donors (Lipinski definition) is 7. The molecule has 0 radical (unpaired) electrons. The van der Waals surface area contributed by atoms with Crippen LogP contribution >= 0.6 is 0 Å². The Labute approximate surface area is 290 Å². The number of ether oxygens (including phenoxy) is 1. The fourth-order valence-electron chi connectivity index (χ4n) is 4.26. The highest BCUT2D eigenvalue weighted by atomic mass is 16.6. The van der Waals surface area contributed by atoms with Crippen LogP contribution in [0.4, 0.5) is 16.2 Å². The van der Waals surface area contributed by atoms with Gasteiger partial charge in [0.2, 0.25) is 35.4 Å². The van der Waals surface area contributed by atoms with Crippen LogP contribution in [0.3, 0.4) is 0 Å². The van der Waals surface area contributed by atoms with E-state index in [0.29, 0.717) is 0 Å². The number of anilines is 1. The average molecular weight is 707 g/mol.